The van der Waals surface area contributed by atoms with Gasteiger partial charge in [-0.1, -0.05) is 181 Å². The molecule has 0 aromatic carbocycles. The van der Waals surface area contributed by atoms with E-state index in [2.05, 4.69) is 13.8 Å². The van der Waals surface area contributed by atoms with Crippen molar-refractivity contribution in [3.63, 3.8) is 0 Å². The fraction of sp³-hybridized carbons (Fsp3) is 0.976. The molecular formula is C41H84NO7P. The second-order valence-electron chi connectivity index (χ2n) is 15.7. The zero-order valence-electron chi connectivity index (χ0n) is 33.9. The Morgan fingerprint density at radius 2 is 0.920 bits per heavy atom. The van der Waals surface area contributed by atoms with Crippen LogP contribution in [-0.4, -0.2) is 70.7 Å². The van der Waals surface area contributed by atoms with Crippen molar-refractivity contribution < 1.29 is 37.3 Å². The molecule has 1 unspecified atom stereocenters. The van der Waals surface area contributed by atoms with E-state index < -0.39 is 13.9 Å². The quantitative estimate of drug-likeness (QED) is 0.0268. The van der Waals surface area contributed by atoms with Gasteiger partial charge in [0.2, 0.25) is 0 Å². The smallest absolute Gasteiger partial charge is 0.306 e. The zero-order valence-corrected chi connectivity index (χ0v) is 34.8. The first-order chi connectivity index (χ1) is 24.1. The van der Waals surface area contributed by atoms with Gasteiger partial charge in [0.05, 0.1) is 34.4 Å². The number of esters is 1. The minimum Gasteiger partial charge on any atom is -0.756 e. The Morgan fingerprint density at radius 3 is 1.32 bits per heavy atom. The molecule has 0 saturated carbocycles. The van der Waals surface area contributed by atoms with Gasteiger partial charge in [-0.05, 0) is 12.8 Å². The Kier molecular flexibility index (Phi) is 35.2. The summed E-state index contributed by atoms with van der Waals surface area (Å²) in [5, 5.41) is 0. The molecule has 0 heterocycles. The largest absolute Gasteiger partial charge is 0.756 e. The lowest BCUT2D eigenvalue weighted by Gasteiger charge is -2.28. The van der Waals surface area contributed by atoms with Crippen LogP contribution in [0.1, 0.15) is 200 Å². The molecule has 2 atom stereocenters. The van der Waals surface area contributed by atoms with E-state index in [1.807, 2.05) is 21.1 Å². The van der Waals surface area contributed by atoms with Crippen LogP contribution in [-0.2, 0) is 27.9 Å². The summed E-state index contributed by atoms with van der Waals surface area (Å²) in [6.45, 7) is 5.45. The monoisotopic (exact) mass is 734 g/mol. The summed E-state index contributed by atoms with van der Waals surface area (Å²) in [5.74, 6) is -0.329. The van der Waals surface area contributed by atoms with Crippen LogP contribution < -0.4 is 4.89 Å². The molecule has 0 aromatic rings. The van der Waals surface area contributed by atoms with Crippen LogP contribution in [0.15, 0.2) is 0 Å². The van der Waals surface area contributed by atoms with Crippen molar-refractivity contribution in [2.45, 2.75) is 206 Å². The van der Waals surface area contributed by atoms with E-state index in [0.29, 0.717) is 24.1 Å². The highest BCUT2D eigenvalue weighted by molar-refractivity contribution is 7.45. The Morgan fingerprint density at radius 1 is 0.540 bits per heavy atom. The first kappa shape index (κ1) is 49.5. The summed E-state index contributed by atoms with van der Waals surface area (Å²) in [7, 11) is 1.37. The third-order valence-corrected chi connectivity index (χ3v) is 10.4. The maximum absolute atomic E-state index is 12.6. The summed E-state index contributed by atoms with van der Waals surface area (Å²) in [6.07, 6.45) is 35.3. The summed E-state index contributed by atoms with van der Waals surface area (Å²) in [6, 6.07) is 0. The molecule has 50 heavy (non-hydrogen) atoms. The van der Waals surface area contributed by atoms with Crippen molar-refractivity contribution in [2.24, 2.45) is 0 Å². The number of rotatable bonds is 40. The molecule has 9 heteroatoms. The standard InChI is InChI=1S/C41H84NO7P/c1-6-8-10-12-14-16-18-20-21-22-23-24-26-28-30-32-34-41(43)49-40(39-48-50(44,45)47-37-35-42(3,4)5)38-46-36-33-31-29-27-25-19-17-15-13-11-9-7-2/h40H,6-39H2,1-5H3/t40-/m1/s1. The second-order valence-corrected chi connectivity index (χ2v) is 17.1. The van der Waals surface area contributed by atoms with Gasteiger partial charge in [0.25, 0.3) is 7.82 Å². The molecule has 0 aliphatic heterocycles. The molecule has 0 saturated heterocycles. The number of phosphoric ester groups is 1. The highest BCUT2D eigenvalue weighted by Gasteiger charge is 2.20. The molecule has 0 aliphatic carbocycles. The van der Waals surface area contributed by atoms with Crippen molar-refractivity contribution in [1.82, 2.24) is 0 Å². The number of hydrogen-bond donors (Lipinski definition) is 0. The average molecular weight is 734 g/mol. The van der Waals surface area contributed by atoms with Crippen LogP contribution in [0.5, 0.6) is 0 Å². The minimum absolute atomic E-state index is 0.0312. The summed E-state index contributed by atoms with van der Waals surface area (Å²) >= 11 is 0. The molecule has 0 rings (SSSR count). The molecule has 0 fully saturated rings. The number of phosphoric acid groups is 1. The third-order valence-electron chi connectivity index (χ3n) is 9.41. The Bertz CT molecular complexity index is 777. The minimum atomic E-state index is -4.51. The Labute approximate surface area is 310 Å². The lowest BCUT2D eigenvalue weighted by Crippen LogP contribution is -2.37. The van der Waals surface area contributed by atoms with Crippen molar-refractivity contribution in [2.75, 3.05) is 54.1 Å². The van der Waals surface area contributed by atoms with Gasteiger partial charge in [-0.2, -0.15) is 0 Å². The molecule has 0 amide bonds. The van der Waals surface area contributed by atoms with Gasteiger partial charge in [0.15, 0.2) is 0 Å². The van der Waals surface area contributed by atoms with Gasteiger partial charge >= 0.3 is 5.97 Å². The summed E-state index contributed by atoms with van der Waals surface area (Å²) in [5.41, 5.74) is 0. The highest BCUT2D eigenvalue weighted by Crippen LogP contribution is 2.38. The van der Waals surface area contributed by atoms with Crippen LogP contribution >= 0.6 is 7.82 Å². The van der Waals surface area contributed by atoms with E-state index in [1.54, 1.807) is 0 Å². The number of quaternary nitrogens is 1. The average Bonchev–Trinajstić information content (AvgIpc) is 3.06. The van der Waals surface area contributed by atoms with Crippen molar-refractivity contribution in [3.05, 3.63) is 0 Å². The lowest BCUT2D eigenvalue weighted by molar-refractivity contribution is -0.870. The van der Waals surface area contributed by atoms with Gasteiger partial charge in [-0.3, -0.25) is 9.36 Å². The molecule has 0 aromatic heterocycles. The third kappa shape index (κ3) is 38.7. The van der Waals surface area contributed by atoms with E-state index >= 15 is 0 Å². The molecule has 0 N–H and O–H groups in total. The van der Waals surface area contributed by atoms with E-state index in [1.165, 1.54) is 148 Å². The maximum Gasteiger partial charge on any atom is 0.306 e. The van der Waals surface area contributed by atoms with Crippen LogP contribution in [0.4, 0.5) is 0 Å². The number of ether oxygens (including phenoxy) is 2. The SMILES string of the molecule is CCCCCCCCCCCCCCCCCCC(=O)O[C@H](COCCCCCCCCCCCCCC)COP(=O)([O-])OCC[N+](C)(C)C. The van der Waals surface area contributed by atoms with Crippen LogP contribution in [0.2, 0.25) is 0 Å². The number of carbonyl (C=O) groups is 1. The predicted molar refractivity (Wildman–Crippen MR) is 208 cm³/mol. The van der Waals surface area contributed by atoms with Gasteiger partial charge in [0.1, 0.15) is 19.3 Å². The summed E-state index contributed by atoms with van der Waals surface area (Å²) < 4.78 is 34.5. The number of unbranched alkanes of at least 4 members (excludes halogenated alkanes) is 26. The topological polar surface area (TPSA) is 94.1 Å². The van der Waals surface area contributed by atoms with Crippen molar-refractivity contribution in [3.8, 4) is 0 Å². The fourth-order valence-electron chi connectivity index (χ4n) is 6.08. The molecule has 8 nitrogen and oxygen atoms in total. The second kappa shape index (κ2) is 35.5. The molecule has 0 spiro atoms. The molecule has 0 radical (unpaired) electrons. The predicted octanol–water partition coefficient (Wildman–Crippen LogP) is 11.5. The van der Waals surface area contributed by atoms with Crippen molar-refractivity contribution >= 4 is 13.8 Å². The van der Waals surface area contributed by atoms with Crippen LogP contribution in [0.3, 0.4) is 0 Å². The number of carbonyl (C=O) groups excluding carboxylic acids is 1. The van der Waals surface area contributed by atoms with E-state index in [0.717, 1.165) is 32.1 Å². The van der Waals surface area contributed by atoms with E-state index in [9.17, 15) is 14.3 Å². The normalized spacial score (nSPS) is 13.8. The first-order valence-electron chi connectivity index (χ1n) is 21.3. The number of hydrogen-bond acceptors (Lipinski definition) is 7. The van der Waals surface area contributed by atoms with Crippen molar-refractivity contribution in [1.29, 1.82) is 0 Å². The summed E-state index contributed by atoms with van der Waals surface area (Å²) in [4.78, 5) is 25.0. The van der Waals surface area contributed by atoms with E-state index in [-0.39, 0.29) is 25.8 Å². The number of nitrogens with zero attached hydrogens (tertiary/aromatic N) is 1. The Balaban J connectivity index is 4.20. The number of likely N-dealkylation sites (N-methyl/N-ethyl adjacent to an activating group) is 1. The lowest BCUT2D eigenvalue weighted by atomic mass is 10.0. The Hall–Kier alpha value is -0.500. The highest BCUT2D eigenvalue weighted by atomic mass is 31.2. The van der Waals surface area contributed by atoms with E-state index in [4.69, 9.17) is 18.5 Å². The molecule has 300 valence electrons. The first-order valence-corrected chi connectivity index (χ1v) is 22.7. The van der Waals surface area contributed by atoms with Gasteiger partial charge in [-0.15, -0.1) is 0 Å². The molecule has 0 aliphatic rings. The fourth-order valence-corrected chi connectivity index (χ4v) is 6.81. The van der Waals surface area contributed by atoms with Crippen LogP contribution in [0.25, 0.3) is 0 Å². The van der Waals surface area contributed by atoms with Gasteiger partial charge in [0, 0.05) is 13.0 Å². The van der Waals surface area contributed by atoms with Gasteiger partial charge < -0.3 is 27.9 Å². The zero-order chi connectivity index (χ0) is 37.0. The molecule has 0 bridgehead atoms. The van der Waals surface area contributed by atoms with Gasteiger partial charge in [-0.25, -0.2) is 0 Å². The van der Waals surface area contributed by atoms with Crippen LogP contribution in [0, 0.1) is 0 Å². The maximum atomic E-state index is 12.6. The molecular weight excluding hydrogens is 649 g/mol.